The first kappa shape index (κ1) is 29.8. The molecule has 4 rings (SSSR count). The van der Waals surface area contributed by atoms with Gasteiger partial charge in [-0.05, 0) is 63.1 Å². The molecule has 0 radical (unpaired) electrons. The second-order valence-electron chi connectivity index (χ2n) is 10.9. The van der Waals surface area contributed by atoms with Crippen LogP contribution in [-0.4, -0.2) is 60.1 Å². The Kier molecular flexibility index (Phi) is 9.47. The van der Waals surface area contributed by atoms with Gasteiger partial charge in [-0.2, -0.15) is 0 Å². The van der Waals surface area contributed by atoms with E-state index in [9.17, 15) is 9.59 Å². The number of piperazine rings is 1. The van der Waals surface area contributed by atoms with Gasteiger partial charge in [0.1, 0.15) is 0 Å². The number of carbonyl (C=O) groups excluding carboxylic acids is 2. The van der Waals surface area contributed by atoms with Crippen LogP contribution in [0.2, 0.25) is 0 Å². The number of urea groups is 1. The maximum absolute atomic E-state index is 14.2. The van der Waals surface area contributed by atoms with Crippen LogP contribution in [0.15, 0.2) is 97.7 Å². The SMILES string of the molecule is C=CN(C(=O)N(N)C(C)C)c1ccc(N2CCN(C(C(=O)NC(C)C)(c3ccccc3)c3ccccc3)CC2)cc1. The van der Waals surface area contributed by atoms with Gasteiger partial charge in [0.05, 0.1) is 5.69 Å². The number of carbonyl (C=O) groups is 2. The Morgan fingerprint density at radius 3 is 1.80 bits per heavy atom. The molecule has 0 aromatic heterocycles. The molecule has 0 saturated carbocycles. The summed E-state index contributed by atoms with van der Waals surface area (Å²) >= 11 is 0. The number of nitrogens with zero attached hydrogens (tertiary/aromatic N) is 4. The molecule has 3 N–H and O–H groups in total. The van der Waals surface area contributed by atoms with Crippen molar-refractivity contribution >= 4 is 23.3 Å². The van der Waals surface area contributed by atoms with Crippen molar-refractivity contribution in [3.8, 4) is 0 Å². The highest BCUT2D eigenvalue weighted by molar-refractivity contribution is 5.94. The summed E-state index contributed by atoms with van der Waals surface area (Å²) in [5.74, 6) is 5.93. The Hall–Kier alpha value is -4.14. The lowest BCUT2D eigenvalue weighted by atomic mass is 9.79. The van der Waals surface area contributed by atoms with E-state index in [1.165, 1.54) is 16.1 Å². The molecule has 1 heterocycles. The molecule has 1 aliphatic rings. The van der Waals surface area contributed by atoms with E-state index < -0.39 is 5.54 Å². The summed E-state index contributed by atoms with van der Waals surface area (Å²) < 4.78 is 0. The first-order valence-corrected chi connectivity index (χ1v) is 14.2. The van der Waals surface area contributed by atoms with Crippen molar-refractivity contribution in [1.29, 1.82) is 0 Å². The summed E-state index contributed by atoms with van der Waals surface area (Å²) in [6.45, 7) is 14.4. The fourth-order valence-electron chi connectivity index (χ4n) is 5.43. The Bertz CT molecular complexity index is 1260. The lowest BCUT2D eigenvalue weighted by molar-refractivity contribution is -0.132. The van der Waals surface area contributed by atoms with E-state index >= 15 is 0 Å². The second-order valence-corrected chi connectivity index (χ2v) is 10.9. The maximum Gasteiger partial charge on any atom is 0.342 e. The largest absolute Gasteiger partial charge is 0.369 e. The molecule has 0 atom stereocenters. The summed E-state index contributed by atoms with van der Waals surface area (Å²) in [6, 6.07) is 27.5. The average molecular weight is 555 g/mol. The van der Waals surface area contributed by atoms with Gasteiger partial charge in [0.15, 0.2) is 5.54 Å². The molecular weight excluding hydrogens is 512 g/mol. The van der Waals surface area contributed by atoms with Crippen LogP contribution in [0.4, 0.5) is 16.2 Å². The van der Waals surface area contributed by atoms with Crippen LogP contribution in [0.1, 0.15) is 38.8 Å². The quantitative estimate of drug-likeness (QED) is 0.223. The number of amides is 3. The van der Waals surface area contributed by atoms with Gasteiger partial charge >= 0.3 is 6.03 Å². The van der Waals surface area contributed by atoms with Crippen LogP contribution in [0.5, 0.6) is 0 Å². The van der Waals surface area contributed by atoms with Crippen molar-refractivity contribution in [3.63, 3.8) is 0 Å². The Labute approximate surface area is 244 Å². The predicted octanol–water partition coefficient (Wildman–Crippen LogP) is 4.93. The predicted molar refractivity (Wildman–Crippen MR) is 166 cm³/mol. The third-order valence-corrected chi connectivity index (χ3v) is 7.54. The van der Waals surface area contributed by atoms with Gasteiger partial charge in [-0.15, -0.1) is 0 Å². The molecule has 3 aromatic rings. The normalized spacial score (nSPS) is 14.2. The molecule has 0 bridgehead atoms. The third-order valence-electron chi connectivity index (χ3n) is 7.54. The Morgan fingerprint density at radius 2 is 1.37 bits per heavy atom. The maximum atomic E-state index is 14.2. The average Bonchev–Trinajstić information content (AvgIpc) is 2.99. The molecule has 3 amide bonds. The highest BCUT2D eigenvalue weighted by atomic mass is 16.2. The molecule has 3 aromatic carbocycles. The third kappa shape index (κ3) is 6.14. The molecule has 41 heavy (non-hydrogen) atoms. The van der Waals surface area contributed by atoms with Crippen molar-refractivity contribution in [3.05, 3.63) is 109 Å². The van der Waals surface area contributed by atoms with Crippen molar-refractivity contribution in [2.24, 2.45) is 5.84 Å². The molecule has 1 aliphatic heterocycles. The van der Waals surface area contributed by atoms with Gasteiger partial charge < -0.3 is 10.2 Å². The van der Waals surface area contributed by atoms with Gasteiger partial charge in [-0.3, -0.25) is 19.6 Å². The number of benzene rings is 3. The van der Waals surface area contributed by atoms with Gasteiger partial charge in [-0.25, -0.2) is 10.6 Å². The zero-order valence-electron chi connectivity index (χ0n) is 24.5. The summed E-state index contributed by atoms with van der Waals surface area (Å²) in [5, 5.41) is 4.41. The molecule has 0 aliphatic carbocycles. The Balaban J connectivity index is 1.60. The molecule has 216 valence electrons. The monoisotopic (exact) mass is 554 g/mol. The van der Waals surface area contributed by atoms with Crippen molar-refractivity contribution < 1.29 is 9.59 Å². The van der Waals surface area contributed by atoms with Crippen molar-refractivity contribution in [1.82, 2.24) is 15.2 Å². The number of anilines is 2. The number of rotatable bonds is 9. The van der Waals surface area contributed by atoms with Gasteiger partial charge in [0.2, 0.25) is 5.91 Å². The number of hydrazine groups is 1. The van der Waals surface area contributed by atoms with Crippen LogP contribution in [0, 0.1) is 0 Å². The van der Waals surface area contributed by atoms with Crippen LogP contribution in [-0.2, 0) is 10.3 Å². The summed E-state index contributed by atoms with van der Waals surface area (Å²) in [7, 11) is 0. The summed E-state index contributed by atoms with van der Waals surface area (Å²) in [4.78, 5) is 33.0. The molecule has 1 fully saturated rings. The molecule has 0 unspecified atom stereocenters. The minimum Gasteiger partial charge on any atom is -0.369 e. The van der Waals surface area contributed by atoms with E-state index in [4.69, 9.17) is 5.84 Å². The first-order chi connectivity index (χ1) is 19.7. The molecular formula is C33H42N6O2. The van der Waals surface area contributed by atoms with Crippen LogP contribution < -0.4 is 21.0 Å². The van der Waals surface area contributed by atoms with E-state index in [2.05, 4.69) is 21.7 Å². The summed E-state index contributed by atoms with van der Waals surface area (Å²) in [5.41, 5.74) is 2.69. The summed E-state index contributed by atoms with van der Waals surface area (Å²) in [6.07, 6.45) is 1.48. The Morgan fingerprint density at radius 1 is 0.854 bits per heavy atom. The van der Waals surface area contributed by atoms with Crippen LogP contribution >= 0.6 is 0 Å². The smallest absolute Gasteiger partial charge is 0.342 e. The number of nitrogens with one attached hydrogen (secondary N) is 1. The highest BCUT2D eigenvalue weighted by Crippen LogP contribution is 2.38. The highest BCUT2D eigenvalue weighted by Gasteiger charge is 2.48. The minimum absolute atomic E-state index is 0.00278. The first-order valence-electron chi connectivity index (χ1n) is 14.2. The minimum atomic E-state index is -0.960. The van der Waals surface area contributed by atoms with Crippen LogP contribution in [0.3, 0.4) is 0 Å². The number of hydrogen-bond acceptors (Lipinski definition) is 5. The number of hydrogen-bond donors (Lipinski definition) is 2. The molecule has 0 spiro atoms. The van der Waals surface area contributed by atoms with Gasteiger partial charge in [-0.1, -0.05) is 67.2 Å². The number of nitrogens with two attached hydrogens (primary N) is 1. The van der Waals surface area contributed by atoms with Crippen molar-refractivity contribution in [2.45, 2.75) is 45.3 Å². The zero-order chi connectivity index (χ0) is 29.6. The molecule has 8 heteroatoms. The van der Waals surface area contributed by atoms with E-state index in [1.54, 1.807) is 0 Å². The lowest BCUT2D eigenvalue weighted by Crippen LogP contribution is -2.62. The lowest BCUT2D eigenvalue weighted by Gasteiger charge is -2.48. The van der Waals surface area contributed by atoms with E-state index in [0.29, 0.717) is 18.8 Å². The van der Waals surface area contributed by atoms with Gasteiger partial charge in [0.25, 0.3) is 0 Å². The van der Waals surface area contributed by atoms with E-state index in [-0.39, 0.29) is 24.0 Å². The molecule has 8 nitrogen and oxygen atoms in total. The fourth-order valence-corrected chi connectivity index (χ4v) is 5.43. The fraction of sp³-hybridized carbons (Fsp3) is 0.333. The molecule has 1 saturated heterocycles. The van der Waals surface area contributed by atoms with Crippen LogP contribution in [0.25, 0.3) is 0 Å². The zero-order valence-corrected chi connectivity index (χ0v) is 24.5. The van der Waals surface area contributed by atoms with Crippen molar-refractivity contribution in [2.75, 3.05) is 36.0 Å². The second kappa shape index (κ2) is 13.0. The van der Waals surface area contributed by atoms with Gasteiger partial charge in [0, 0.05) is 50.2 Å². The topological polar surface area (TPSA) is 85.2 Å². The standard InChI is InChI=1S/C33H42N6O2/c1-6-38(32(41)39(34)26(4)5)30-19-17-29(18-20-30)36-21-23-37(24-22-36)33(31(40)35-25(2)3,27-13-9-7-10-14-27)28-15-11-8-12-16-28/h6-20,25-26H,1,21-24,34H2,2-5H3,(H,35,40). The van der Waals surface area contributed by atoms with E-state index in [0.717, 1.165) is 29.9 Å². The van der Waals surface area contributed by atoms with E-state index in [1.807, 2.05) is 113 Å².